The van der Waals surface area contributed by atoms with Crippen molar-refractivity contribution in [2.24, 2.45) is 0 Å². The van der Waals surface area contributed by atoms with Gasteiger partial charge in [-0.25, -0.2) is 4.98 Å². The smallest absolute Gasteiger partial charge is 0.131 e. The molecule has 0 saturated heterocycles. The van der Waals surface area contributed by atoms with Crippen molar-refractivity contribution in [2.75, 3.05) is 12.8 Å². The quantitative estimate of drug-likeness (QED) is 0.899. The molecule has 0 bridgehead atoms. The Morgan fingerprint density at radius 2 is 2.05 bits per heavy atom. The van der Waals surface area contributed by atoms with Gasteiger partial charge in [0.15, 0.2) is 0 Å². The number of benzene rings is 1. The van der Waals surface area contributed by atoms with E-state index < -0.39 is 0 Å². The summed E-state index contributed by atoms with van der Waals surface area (Å²) < 4.78 is 7.34. The first kappa shape index (κ1) is 12.1. The van der Waals surface area contributed by atoms with E-state index >= 15 is 0 Å². The highest BCUT2D eigenvalue weighted by Crippen LogP contribution is 2.34. The summed E-state index contributed by atoms with van der Waals surface area (Å²) in [5.74, 6) is 3.24. The Bertz CT molecular complexity index is 586. The van der Waals surface area contributed by atoms with Crippen LogP contribution >= 0.6 is 0 Å². The minimum Gasteiger partial charge on any atom is -0.497 e. The fraction of sp³-hybridized carbons (Fsp3) is 0.400. The first-order valence-electron chi connectivity index (χ1n) is 6.71. The van der Waals surface area contributed by atoms with Crippen LogP contribution in [0.5, 0.6) is 5.75 Å². The van der Waals surface area contributed by atoms with Crippen LogP contribution in [0, 0.1) is 0 Å². The van der Waals surface area contributed by atoms with Gasteiger partial charge in [0.25, 0.3) is 0 Å². The number of hydrogen-bond acceptors (Lipinski definition) is 3. The Hall–Kier alpha value is -1.97. The van der Waals surface area contributed by atoms with Gasteiger partial charge in [-0.15, -0.1) is 0 Å². The van der Waals surface area contributed by atoms with Gasteiger partial charge in [0.1, 0.15) is 23.1 Å². The number of fused-ring (bicyclic) bond motifs is 1. The van der Waals surface area contributed by atoms with Crippen LogP contribution in [0.1, 0.15) is 31.5 Å². The molecule has 3 rings (SSSR count). The van der Waals surface area contributed by atoms with E-state index in [1.54, 1.807) is 7.11 Å². The standard InChI is InChI=1S/C15H19N3O/c1-10-4-3-9-18-14(16)13(17-15(10)18)11-5-7-12(19-2)8-6-11/h5-8,10H,3-4,9,16H2,1-2H3. The van der Waals surface area contributed by atoms with Crippen LogP contribution in [-0.2, 0) is 6.54 Å². The molecule has 0 amide bonds. The first-order valence-corrected chi connectivity index (χ1v) is 6.71. The maximum atomic E-state index is 6.26. The Morgan fingerprint density at radius 3 is 2.68 bits per heavy atom. The molecule has 4 nitrogen and oxygen atoms in total. The summed E-state index contributed by atoms with van der Waals surface area (Å²) in [6.07, 6.45) is 2.37. The van der Waals surface area contributed by atoms with Crippen LogP contribution < -0.4 is 10.5 Å². The van der Waals surface area contributed by atoms with E-state index in [9.17, 15) is 0 Å². The number of rotatable bonds is 2. The summed E-state index contributed by atoms with van der Waals surface area (Å²) in [5, 5.41) is 0. The zero-order chi connectivity index (χ0) is 13.4. The normalized spacial score (nSPS) is 18.1. The molecule has 1 atom stereocenters. The molecule has 0 aliphatic carbocycles. The first-order chi connectivity index (χ1) is 9.20. The predicted molar refractivity (Wildman–Crippen MR) is 76.3 cm³/mol. The lowest BCUT2D eigenvalue weighted by Gasteiger charge is -2.20. The van der Waals surface area contributed by atoms with Crippen LogP contribution in [0.2, 0.25) is 0 Å². The number of hydrogen-bond donors (Lipinski definition) is 1. The third-order valence-corrected chi connectivity index (χ3v) is 3.86. The van der Waals surface area contributed by atoms with E-state index in [0.29, 0.717) is 5.92 Å². The van der Waals surface area contributed by atoms with Crippen molar-refractivity contribution in [3.05, 3.63) is 30.1 Å². The molecule has 1 aliphatic heterocycles. The van der Waals surface area contributed by atoms with Crippen LogP contribution in [0.3, 0.4) is 0 Å². The lowest BCUT2D eigenvalue weighted by atomic mass is 10.0. The molecule has 0 spiro atoms. The molecular weight excluding hydrogens is 238 g/mol. The monoisotopic (exact) mass is 257 g/mol. The van der Waals surface area contributed by atoms with Crippen LogP contribution in [0.4, 0.5) is 5.82 Å². The van der Waals surface area contributed by atoms with Gasteiger partial charge in [-0.1, -0.05) is 6.92 Å². The van der Waals surface area contributed by atoms with E-state index in [0.717, 1.165) is 35.2 Å². The molecule has 2 N–H and O–H groups in total. The Labute approximate surface area is 113 Å². The van der Waals surface area contributed by atoms with Gasteiger partial charge in [-0.3, -0.25) is 0 Å². The number of aromatic nitrogens is 2. The second-order valence-electron chi connectivity index (χ2n) is 5.13. The van der Waals surface area contributed by atoms with Gasteiger partial charge < -0.3 is 15.0 Å². The van der Waals surface area contributed by atoms with Crippen molar-refractivity contribution in [3.63, 3.8) is 0 Å². The second kappa shape index (κ2) is 4.61. The van der Waals surface area contributed by atoms with Gasteiger partial charge in [-0.2, -0.15) is 0 Å². The maximum Gasteiger partial charge on any atom is 0.131 e. The summed E-state index contributed by atoms with van der Waals surface area (Å²) in [6.45, 7) is 3.20. The molecule has 4 heteroatoms. The Kier molecular flexibility index (Phi) is 2.93. The van der Waals surface area contributed by atoms with Crippen molar-refractivity contribution < 1.29 is 4.74 Å². The maximum absolute atomic E-state index is 6.26. The molecule has 1 aliphatic rings. The van der Waals surface area contributed by atoms with E-state index in [2.05, 4.69) is 11.5 Å². The fourth-order valence-corrected chi connectivity index (χ4v) is 2.74. The van der Waals surface area contributed by atoms with Gasteiger partial charge in [-0.05, 0) is 37.1 Å². The van der Waals surface area contributed by atoms with Crippen molar-refractivity contribution in [2.45, 2.75) is 32.2 Å². The van der Waals surface area contributed by atoms with Crippen molar-refractivity contribution in [1.29, 1.82) is 0 Å². The fourth-order valence-electron chi connectivity index (χ4n) is 2.74. The molecule has 0 saturated carbocycles. The van der Waals surface area contributed by atoms with Crippen molar-refractivity contribution in [3.8, 4) is 17.0 Å². The summed E-state index contributed by atoms with van der Waals surface area (Å²) in [7, 11) is 1.67. The number of imidazole rings is 1. The van der Waals surface area contributed by atoms with Gasteiger partial charge in [0.05, 0.1) is 7.11 Å². The van der Waals surface area contributed by atoms with Crippen molar-refractivity contribution >= 4 is 5.82 Å². The number of anilines is 1. The van der Waals surface area contributed by atoms with Crippen LogP contribution in [0.15, 0.2) is 24.3 Å². The zero-order valence-corrected chi connectivity index (χ0v) is 11.4. The number of nitrogen functional groups attached to an aromatic ring is 1. The van der Waals surface area contributed by atoms with Gasteiger partial charge >= 0.3 is 0 Å². The molecule has 2 aromatic rings. The number of nitrogens with zero attached hydrogens (tertiary/aromatic N) is 2. The molecule has 0 radical (unpaired) electrons. The highest BCUT2D eigenvalue weighted by Gasteiger charge is 2.23. The molecule has 19 heavy (non-hydrogen) atoms. The summed E-state index contributed by atoms with van der Waals surface area (Å²) in [6, 6.07) is 7.90. The third kappa shape index (κ3) is 1.97. The minimum absolute atomic E-state index is 0.489. The second-order valence-corrected chi connectivity index (χ2v) is 5.13. The van der Waals surface area contributed by atoms with Gasteiger partial charge in [0, 0.05) is 18.0 Å². The van der Waals surface area contributed by atoms with Crippen LogP contribution in [0.25, 0.3) is 11.3 Å². The molecular formula is C15H19N3O. The number of nitrogens with two attached hydrogens (primary N) is 1. The van der Waals surface area contributed by atoms with E-state index in [1.807, 2.05) is 24.3 Å². The SMILES string of the molecule is COc1ccc(-c2nc3n(c2N)CCCC3C)cc1. The summed E-state index contributed by atoms with van der Waals surface area (Å²) >= 11 is 0. The van der Waals surface area contributed by atoms with E-state index in [1.165, 1.54) is 12.8 Å². The van der Waals surface area contributed by atoms with Gasteiger partial charge in [0.2, 0.25) is 0 Å². The molecule has 0 fully saturated rings. The summed E-state index contributed by atoms with van der Waals surface area (Å²) in [5.41, 5.74) is 8.20. The topological polar surface area (TPSA) is 53.1 Å². The largest absolute Gasteiger partial charge is 0.497 e. The number of ether oxygens (including phenoxy) is 1. The molecule has 1 aromatic carbocycles. The highest BCUT2D eigenvalue weighted by atomic mass is 16.5. The molecule has 1 unspecified atom stereocenters. The average molecular weight is 257 g/mol. The van der Waals surface area contributed by atoms with Crippen LogP contribution in [-0.4, -0.2) is 16.7 Å². The minimum atomic E-state index is 0.489. The van der Waals surface area contributed by atoms with E-state index in [-0.39, 0.29) is 0 Å². The lowest BCUT2D eigenvalue weighted by Crippen LogP contribution is -2.15. The molecule has 2 heterocycles. The predicted octanol–water partition coefficient (Wildman–Crippen LogP) is 3.04. The Balaban J connectivity index is 2.05. The molecule has 100 valence electrons. The van der Waals surface area contributed by atoms with E-state index in [4.69, 9.17) is 15.5 Å². The third-order valence-electron chi connectivity index (χ3n) is 3.86. The average Bonchev–Trinajstić information content (AvgIpc) is 2.78. The lowest BCUT2D eigenvalue weighted by molar-refractivity contribution is 0.415. The zero-order valence-electron chi connectivity index (χ0n) is 11.4. The van der Waals surface area contributed by atoms with Crippen molar-refractivity contribution in [1.82, 2.24) is 9.55 Å². The highest BCUT2D eigenvalue weighted by molar-refractivity contribution is 5.71. The molecule has 1 aromatic heterocycles. The summed E-state index contributed by atoms with van der Waals surface area (Å²) in [4.78, 5) is 4.75. The Morgan fingerprint density at radius 1 is 1.32 bits per heavy atom. The number of methoxy groups -OCH3 is 1.